The number of Topliss-reactive ketones (excluding diaryl/α,β-unsaturated/α-hetero) is 1. The average molecular weight is 286 g/mol. The minimum Gasteiger partial charge on any atom is -0.493 e. The highest BCUT2D eigenvalue weighted by Gasteiger charge is 2.49. The van der Waals surface area contributed by atoms with E-state index < -0.39 is 17.2 Å². The number of nitrogens with one attached hydrogen (secondary N) is 1. The Bertz CT molecular complexity index is 677. The molecule has 0 bridgehead atoms. The van der Waals surface area contributed by atoms with Crippen LogP contribution in [0, 0.1) is 0 Å². The molecule has 1 aliphatic rings. The molecule has 0 radical (unpaired) electrons. The number of aliphatic hydroxyl groups excluding tert-OH is 1. The number of benzene rings is 1. The van der Waals surface area contributed by atoms with Crippen LogP contribution in [0.3, 0.4) is 0 Å². The molecular formula is C14H14N4O3. The highest BCUT2D eigenvalue weighted by Crippen LogP contribution is 2.36. The molecule has 0 saturated heterocycles. The van der Waals surface area contributed by atoms with Crippen molar-refractivity contribution in [3.8, 4) is 0 Å². The van der Waals surface area contributed by atoms with Crippen molar-refractivity contribution in [2.75, 3.05) is 0 Å². The molecule has 0 spiro atoms. The molecule has 1 aromatic rings. The van der Waals surface area contributed by atoms with E-state index >= 15 is 0 Å². The maximum Gasteiger partial charge on any atom is 0.325 e. The lowest BCUT2D eigenvalue weighted by Crippen LogP contribution is -2.53. The number of carbonyl (C=O) groups excluding carboxylic acids is 2. The fourth-order valence-corrected chi connectivity index (χ4v) is 2.28. The van der Waals surface area contributed by atoms with E-state index in [2.05, 4.69) is 10.2 Å². The Morgan fingerprint density at radius 3 is 2.52 bits per heavy atom. The molecule has 1 atom stereocenters. The lowest BCUT2D eigenvalue weighted by molar-refractivity contribution is -0.133. The first-order chi connectivity index (χ1) is 9.91. The van der Waals surface area contributed by atoms with Crippen LogP contribution in [-0.2, 0) is 9.59 Å². The van der Waals surface area contributed by atoms with E-state index in [-0.39, 0.29) is 11.5 Å². The van der Waals surface area contributed by atoms with Crippen LogP contribution in [0.2, 0.25) is 0 Å². The first-order valence-corrected chi connectivity index (χ1v) is 6.21. The van der Waals surface area contributed by atoms with Crippen molar-refractivity contribution in [3.63, 3.8) is 0 Å². The molecule has 1 aliphatic heterocycles. The van der Waals surface area contributed by atoms with E-state index in [0.717, 1.165) is 11.2 Å². The van der Waals surface area contributed by atoms with Gasteiger partial charge in [0.05, 0.1) is 5.57 Å². The number of hydrogen-bond acceptors (Lipinski definition) is 4. The monoisotopic (exact) mass is 286 g/mol. The lowest BCUT2D eigenvalue weighted by atomic mass is 9.85. The Kier molecular flexibility index (Phi) is 3.71. The first-order valence-electron chi connectivity index (χ1n) is 6.21. The van der Waals surface area contributed by atoms with E-state index in [1.165, 1.54) is 13.8 Å². The van der Waals surface area contributed by atoms with Gasteiger partial charge in [-0.25, -0.2) is 10.4 Å². The van der Waals surface area contributed by atoms with Gasteiger partial charge in [0.1, 0.15) is 5.54 Å². The fraction of sp³-hybridized carbons (Fsp3) is 0.214. The summed E-state index contributed by atoms with van der Waals surface area (Å²) < 4.78 is 0. The van der Waals surface area contributed by atoms with Crippen LogP contribution in [0.25, 0.3) is 11.1 Å². The summed E-state index contributed by atoms with van der Waals surface area (Å²) in [5.74, 6) is -1.42. The van der Waals surface area contributed by atoms with Gasteiger partial charge in [-0.05, 0) is 12.5 Å². The summed E-state index contributed by atoms with van der Waals surface area (Å²) >= 11 is 0. The van der Waals surface area contributed by atoms with Crippen molar-refractivity contribution >= 4 is 23.5 Å². The Morgan fingerprint density at radius 1 is 1.38 bits per heavy atom. The molecule has 7 heteroatoms. The molecule has 1 amide bonds. The molecule has 7 nitrogen and oxygen atoms in total. The molecule has 0 saturated carbocycles. The van der Waals surface area contributed by atoms with Crippen molar-refractivity contribution < 1.29 is 19.5 Å². The molecule has 21 heavy (non-hydrogen) atoms. The van der Waals surface area contributed by atoms with Gasteiger partial charge < -0.3 is 10.6 Å². The van der Waals surface area contributed by atoms with E-state index in [1.54, 1.807) is 30.3 Å². The Balaban J connectivity index is 2.64. The lowest BCUT2D eigenvalue weighted by Gasteiger charge is -2.24. The maximum absolute atomic E-state index is 12.2. The van der Waals surface area contributed by atoms with Gasteiger partial charge in [0, 0.05) is 6.92 Å². The quantitative estimate of drug-likeness (QED) is 0.489. The molecule has 2 N–H and O–H groups in total. The molecule has 2 rings (SSSR count). The van der Waals surface area contributed by atoms with Crippen molar-refractivity contribution in [2.45, 2.75) is 19.4 Å². The zero-order valence-corrected chi connectivity index (χ0v) is 11.6. The number of amides is 1. The van der Waals surface area contributed by atoms with Gasteiger partial charge >= 0.3 is 6.21 Å². The topological polar surface area (TPSA) is 106 Å². The van der Waals surface area contributed by atoms with Gasteiger partial charge in [0.15, 0.2) is 0 Å². The van der Waals surface area contributed by atoms with Crippen LogP contribution in [0.15, 0.2) is 36.2 Å². The second-order valence-electron chi connectivity index (χ2n) is 4.76. The average Bonchev–Trinajstić information content (AvgIpc) is 2.73. The van der Waals surface area contributed by atoms with E-state index in [9.17, 15) is 14.7 Å². The summed E-state index contributed by atoms with van der Waals surface area (Å²) in [5.41, 5.74) is 10.6. The molecular weight excluding hydrogens is 272 g/mol. The van der Waals surface area contributed by atoms with E-state index in [4.69, 9.17) is 5.53 Å². The second kappa shape index (κ2) is 5.32. The zero-order valence-electron chi connectivity index (χ0n) is 11.6. The van der Waals surface area contributed by atoms with Crippen LogP contribution < -0.4 is 5.43 Å². The van der Waals surface area contributed by atoms with Gasteiger partial charge in [0.2, 0.25) is 11.8 Å². The Labute approximate surface area is 121 Å². The third kappa shape index (κ3) is 2.35. The van der Waals surface area contributed by atoms with Gasteiger partial charge in [-0.1, -0.05) is 30.3 Å². The summed E-state index contributed by atoms with van der Waals surface area (Å²) in [6.07, 6.45) is 0.729. The standard InChI is InChI=1S/C14H14N4O3/c1-9(19)18-13(21)12(10-6-4-3-5-7-10)14(2,17-18)11(20)8-16-15/h3-8,17,21H,1-2H3/t14-/m1/s1. The minimum absolute atomic E-state index is 0.239. The van der Waals surface area contributed by atoms with Gasteiger partial charge in [-0.15, -0.1) is 0 Å². The molecule has 1 heterocycles. The maximum atomic E-state index is 12.2. The first kappa shape index (κ1) is 14.6. The van der Waals surface area contributed by atoms with Crippen LogP contribution in [-0.4, -0.2) is 38.3 Å². The summed E-state index contributed by atoms with van der Waals surface area (Å²) in [7, 11) is 0. The van der Waals surface area contributed by atoms with Gasteiger partial charge in [0.25, 0.3) is 5.78 Å². The number of hydrogen-bond donors (Lipinski definition) is 2. The van der Waals surface area contributed by atoms with Gasteiger partial charge in [-0.2, -0.15) is 4.79 Å². The normalized spacial score (nSPS) is 21.1. The number of hydrazine groups is 1. The SMILES string of the molecule is CC(=O)N1N[C@](C)(C(=O)C=[N+]=[N-])C(c2ccccc2)=C1O. The fourth-order valence-electron chi connectivity index (χ4n) is 2.28. The Morgan fingerprint density at radius 2 is 2.00 bits per heavy atom. The largest absolute Gasteiger partial charge is 0.493 e. The highest BCUT2D eigenvalue weighted by molar-refractivity contribution is 6.33. The number of rotatable bonds is 3. The van der Waals surface area contributed by atoms with Crippen molar-refractivity contribution in [1.29, 1.82) is 0 Å². The molecule has 0 aromatic heterocycles. The van der Waals surface area contributed by atoms with Crippen molar-refractivity contribution in [1.82, 2.24) is 10.4 Å². The van der Waals surface area contributed by atoms with E-state index in [1.807, 2.05) is 0 Å². The van der Waals surface area contributed by atoms with Crippen molar-refractivity contribution in [2.24, 2.45) is 0 Å². The Hall–Kier alpha value is -2.76. The summed E-state index contributed by atoms with van der Waals surface area (Å²) in [5, 5.41) is 11.2. The minimum atomic E-state index is -1.41. The van der Waals surface area contributed by atoms with Crippen LogP contribution in [0.1, 0.15) is 19.4 Å². The molecule has 108 valence electrons. The predicted octanol–water partition coefficient (Wildman–Crippen LogP) is 0.908. The van der Waals surface area contributed by atoms with Crippen LogP contribution in [0.5, 0.6) is 0 Å². The molecule has 0 aliphatic carbocycles. The zero-order chi connectivity index (χ0) is 15.6. The van der Waals surface area contributed by atoms with Crippen molar-refractivity contribution in [3.05, 3.63) is 47.3 Å². The van der Waals surface area contributed by atoms with Crippen LogP contribution in [0.4, 0.5) is 0 Å². The molecule has 1 aromatic carbocycles. The summed E-state index contributed by atoms with van der Waals surface area (Å²) in [6, 6.07) is 8.70. The number of aliphatic hydroxyl groups is 1. The third-order valence-electron chi connectivity index (χ3n) is 3.32. The third-order valence-corrected chi connectivity index (χ3v) is 3.32. The summed E-state index contributed by atoms with van der Waals surface area (Å²) in [6.45, 7) is 2.75. The van der Waals surface area contributed by atoms with Gasteiger partial charge in [-0.3, -0.25) is 9.59 Å². The van der Waals surface area contributed by atoms with E-state index in [0.29, 0.717) is 5.56 Å². The number of nitrogens with zero attached hydrogens (tertiary/aromatic N) is 3. The molecule has 0 unspecified atom stereocenters. The smallest absolute Gasteiger partial charge is 0.325 e. The highest BCUT2D eigenvalue weighted by atomic mass is 16.3. The summed E-state index contributed by atoms with van der Waals surface area (Å²) in [4.78, 5) is 26.5. The molecule has 0 fully saturated rings. The number of carbonyl (C=O) groups is 2. The van der Waals surface area contributed by atoms with Crippen LogP contribution >= 0.6 is 0 Å². The predicted molar refractivity (Wildman–Crippen MR) is 74.7 cm³/mol. The number of ketones is 1. The second-order valence-corrected chi connectivity index (χ2v) is 4.76.